The van der Waals surface area contributed by atoms with Crippen molar-refractivity contribution in [1.82, 2.24) is 0 Å². The predicted octanol–water partition coefficient (Wildman–Crippen LogP) is 4.27. The monoisotopic (exact) mass is 422 g/mol. The van der Waals surface area contributed by atoms with Gasteiger partial charge in [0.2, 0.25) is 0 Å². The number of ether oxygens (including phenoxy) is 5. The summed E-state index contributed by atoms with van der Waals surface area (Å²) < 4.78 is 27.8. The van der Waals surface area contributed by atoms with Gasteiger partial charge < -0.3 is 28.8 Å². The van der Waals surface area contributed by atoms with Gasteiger partial charge in [-0.3, -0.25) is 0 Å². The van der Waals surface area contributed by atoms with Crippen molar-refractivity contribution in [3.8, 4) is 5.75 Å². The lowest BCUT2D eigenvalue weighted by Gasteiger charge is -2.34. The van der Waals surface area contributed by atoms with Crippen LogP contribution in [0.4, 0.5) is 0 Å². The minimum Gasteiger partial charge on any atom is -0.508 e. The smallest absolute Gasteiger partial charge is 0.127 e. The van der Waals surface area contributed by atoms with E-state index in [0.29, 0.717) is 52.9 Å². The van der Waals surface area contributed by atoms with Crippen LogP contribution in [0.1, 0.15) is 39.7 Å². The number of phenols is 1. The van der Waals surface area contributed by atoms with Gasteiger partial charge in [-0.15, -0.1) is 0 Å². The van der Waals surface area contributed by atoms with Crippen molar-refractivity contribution in [3.05, 3.63) is 35.4 Å². The van der Waals surface area contributed by atoms with E-state index in [4.69, 9.17) is 23.7 Å². The highest BCUT2D eigenvalue weighted by atomic mass is 16.6. The van der Waals surface area contributed by atoms with Crippen LogP contribution in [0.15, 0.2) is 29.8 Å². The fourth-order valence-electron chi connectivity index (χ4n) is 3.95. The van der Waals surface area contributed by atoms with E-state index in [1.54, 1.807) is 19.2 Å². The van der Waals surface area contributed by atoms with Crippen LogP contribution in [0.3, 0.4) is 0 Å². The van der Waals surface area contributed by atoms with Crippen LogP contribution in [0.25, 0.3) is 5.76 Å². The number of phenolic OH excluding ortho intramolecular Hbond substituents is 1. The molecule has 1 aliphatic heterocycles. The molecule has 1 atom stereocenters. The van der Waals surface area contributed by atoms with Crippen LogP contribution in [0.5, 0.6) is 5.75 Å². The summed E-state index contributed by atoms with van der Waals surface area (Å²) in [6, 6.07) is 7.28. The lowest BCUT2D eigenvalue weighted by molar-refractivity contribution is -0.000297. The molecule has 2 rings (SSSR count). The molecule has 0 saturated carbocycles. The third-order valence-corrected chi connectivity index (χ3v) is 5.20. The molecular weight excluding hydrogens is 384 g/mol. The Balaban J connectivity index is 1.83. The summed E-state index contributed by atoms with van der Waals surface area (Å²) in [5.74, 6) is 1.13. The molecule has 0 spiro atoms. The molecule has 1 aromatic rings. The number of hydrogen-bond donors (Lipinski definition) is 1. The highest BCUT2D eigenvalue weighted by Crippen LogP contribution is 2.51. The van der Waals surface area contributed by atoms with Gasteiger partial charge in [0.25, 0.3) is 0 Å². The van der Waals surface area contributed by atoms with Crippen molar-refractivity contribution in [3.63, 3.8) is 0 Å². The molecule has 1 unspecified atom stereocenters. The van der Waals surface area contributed by atoms with Crippen LogP contribution in [0.2, 0.25) is 0 Å². The van der Waals surface area contributed by atoms with Gasteiger partial charge in [-0.25, -0.2) is 0 Å². The summed E-state index contributed by atoms with van der Waals surface area (Å²) in [5, 5.41) is 9.89. The molecule has 30 heavy (non-hydrogen) atoms. The molecule has 0 fully saturated rings. The average Bonchev–Trinajstić information content (AvgIpc) is 3.04. The molecule has 0 saturated heterocycles. The van der Waals surface area contributed by atoms with Crippen molar-refractivity contribution in [1.29, 1.82) is 0 Å². The van der Waals surface area contributed by atoms with E-state index in [2.05, 4.69) is 27.7 Å². The number of methoxy groups -OCH3 is 1. The maximum absolute atomic E-state index is 9.89. The van der Waals surface area contributed by atoms with Crippen LogP contribution >= 0.6 is 0 Å². The predicted molar refractivity (Wildman–Crippen MR) is 117 cm³/mol. The molecule has 1 aliphatic rings. The average molecular weight is 423 g/mol. The van der Waals surface area contributed by atoms with Gasteiger partial charge in [0.05, 0.1) is 46.2 Å². The standard InChI is InChI=1S/C24H38O6/c1-23(2,3)22-21(19-7-6-8-20(25)17-19)30-18-24(22,4)9-10-27-13-14-29-16-15-28-12-11-26-5/h6-8,17,25H,9-16,18H2,1-5H3. The fraction of sp³-hybridized carbons (Fsp3) is 0.667. The van der Waals surface area contributed by atoms with E-state index in [1.165, 1.54) is 5.57 Å². The van der Waals surface area contributed by atoms with E-state index in [-0.39, 0.29) is 16.6 Å². The molecule has 1 aromatic carbocycles. The SMILES string of the molecule is COCCOCCOCCOCCC1(C)COC(c2cccc(O)c2)=C1C(C)(C)C. The molecule has 0 aromatic heterocycles. The molecular formula is C24H38O6. The van der Waals surface area contributed by atoms with Crippen molar-refractivity contribution in [2.45, 2.75) is 34.1 Å². The first kappa shape index (κ1) is 24.7. The quantitative estimate of drug-likeness (QED) is 0.479. The largest absolute Gasteiger partial charge is 0.508 e. The van der Waals surface area contributed by atoms with E-state index < -0.39 is 0 Å². The van der Waals surface area contributed by atoms with E-state index in [1.807, 2.05) is 12.1 Å². The Morgan fingerprint density at radius 1 is 0.967 bits per heavy atom. The van der Waals surface area contributed by atoms with Crippen LogP contribution in [-0.4, -0.2) is 65.1 Å². The first-order valence-electron chi connectivity index (χ1n) is 10.7. The van der Waals surface area contributed by atoms with Crippen LogP contribution in [-0.2, 0) is 23.7 Å². The second kappa shape index (κ2) is 11.7. The zero-order chi connectivity index (χ0) is 22.0. The van der Waals surface area contributed by atoms with Crippen molar-refractivity contribution < 1.29 is 28.8 Å². The molecule has 0 bridgehead atoms. The highest BCUT2D eigenvalue weighted by molar-refractivity contribution is 5.68. The lowest BCUT2D eigenvalue weighted by Crippen LogP contribution is -2.29. The third kappa shape index (κ3) is 7.27. The number of aromatic hydroxyl groups is 1. The molecule has 6 nitrogen and oxygen atoms in total. The van der Waals surface area contributed by atoms with E-state index >= 15 is 0 Å². The number of rotatable bonds is 13. The molecule has 0 aliphatic carbocycles. The zero-order valence-corrected chi connectivity index (χ0v) is 19.2. The van der Waals surface area contributed by atoms with Crippen LogP contribution in [0, 0.1) is 10.8 Å². The highest BCUT2D eigenvalue weighted by Gasteiger charge is 2.44. The van der Waals surface area contributed by atoms with Gasteiger partial charge in [-0.05, 0) is 29.5 Å². The summed E-state index contributed by atoms with van der Waals surface area (Å²) in [7, 11) is 1.66. The molecule has 0 amide bonds. The van der Waals surface area contributed by atoms with Gasteiger partial charge in [0, 0.05) is 24.7 Å². The maximum atomic E-state index is 9.89. The molecule has 1 heterocycles. The van der Waals surface area contributed by atoms with Crippen LogP contribution < -0.4 is 0 Å². The van der Waals surface area contributed by atoms with Gasteiger partial charge >= 0.3 is 0 Å². The zero-order valence-electron chi connectivity index (χ0n) is 19.2. The molecule has 6 heteroatoms. The van der Waals surface area contributed by atoms with Crippen molar-refractivity contribution >= 4 is 5.76 Å². The Bertz CT molecular complexity index is 679. The Hall–Kier alpha value is -1.60. The third-order valence-electron chi connectivity index (χ3n) is 5.20. The molecule has 0 radical (unpaired) electrons. The maximum Gasteiger partial charge on any atom is 0.127 e. The number of benzene rings is 1. The Labute approximate surface area is 181 Å². The topological polar surface area (TPSA) is 66.4 Å². The summed E-state index contributed by atoms with van der Waals surface area (Å²) in [4.78, 5) is 0. The lowest BCUT2D eigenvalue weighted by atomic mass is 9.69. The first-order chi connectivity index (χ1) is 14.3. The second-order valence-electron chi connectivity index (χ2n) is 8.93. The molecule has 170 valence electrons. The minimum atomic E-state index is -0.116. The van der Waals surface area contributed by atoms with Crippen molar-refractivity contribution in [2.24, 2.45) is 10.8 Å². The van der Waals surface area contributed by atoms with Gasteiger partial charge in [0.1, 0.15) is 11.5 Å². The van der Waals surface area contributed by atoms with E-state index in [0.717, 1.165) is 17.7 Å². The summed E-state index contributed by atoms with van der Waals surface area (Å²) in [6.45, 7) is 13.5. The summed E-state index contributed by atoms with van der Waals surface area (Å²) >= 11 is 0. The van der Waals surface area contributed by atoms with Gasteiger partial charge in [-0.1, -0.05) is 39.8 Å². The first-order valence-corrected chi connectivity index (χ1v) is 10.7. The van der Waals surface area contributed by atoms with Gasteiger partial charge in [0.15, 0.2) is 0 Å². The van der Waals surface area contributed by atoms with E-state index in [9.17, 15) is 5.11 Å². The van der Waals surface area contributed by atoms with Crippen molar-refractivity contribution in [2.75, 3.05) is 60.0 Å². The summed E-state index contributed by atoms with van der Waals surface area (Å²) in [5.41, 5.74) is 2.02. The fourth-order valence-corrected chi connectivity index (χ4v) is 3.95. The summed E-state index contributed by atoms with van der Waals surface area (Å²) in [6.07, 6.45) is 0.863. The number of hydrogen-bond acceptors (Lipinski definition) is 6. The minimum absolute atomic E-state index is 0.0576. The molecule has 1 N–H and O–H groups in total. The Kier molecular flexibility index (Phi) is 9.62. The Morgan fingerprint density at radius 3 is 2.13 bits per heavy atom. The second-order valence-corrected chi connectivity index (χ2v) is 8.93. The normalized spacial score (nSPS) is 19.4. The van der Waals surface area contributed by atoms with Gasteiger partial charge in [-0.2, -0.15) is 0 Å². The Morgan fingerprint density at radius 2 is 1.57 bits per heavy atom.